The molecule has 2 unspecified atom stereocenters. The van der Waals surface area contributed by atoms with Gasteiger partial charge in [0, 0.05) is 12.7 Å². The first-order chi connectivity index (χ1) is 10.6. The maximum absolute atomic E-state index is 6.11. The van der Waals surface area contributed by atoms with Crippen molar-refractivity contribution in [3.05, 3.63) is 12.3 Å². The fourth-order valence-electron chi connectivity index (χ4n) is 2.69. The van der Waals surface area contributed by atoms with E-state index < -0.39 is 8.56 Å². The van der Waals surface area contributed by atoms with E-state index in [1.54, 1.807) is 0 Å². The highest BCUT2D eigenvalue weighted by Gasteiger charge is 2.29. The molecule has 0 aromatic heterocycles. The van der Waals surface area contributed by atoms with Gasteiger partial charge in [-0.3, -0.25) is 0 Å². The molecule has 0 fully saturated rings. The second kappa shape index (κ2) is 14.5. The van der Waals surface area contributed by atoms with Gasteiger partial charge in [0.25, 0.3) is 0 Å². The Hall–Kier alpha value is -0.123. The minimum absolute atomic E-state index is 0.280. The van der Waals surface area contributed by atoms with Crippen molar-refractivity contribution < 1.29 is 8.85 Å². The van der Waals surface area contributed by atoms with Crippen molar-refractivity contribution in [1.29, 1.82) is 0 Å². The van der Waals surface area contributed by atoms with E-state index >= 15 is 0 Å². The summed E-state index contributed by atoms with van der Waals surface area (Å²) in [6.45, 7) is 13.5. The Balaban J connectivity index is 3.59. The fourth-order valence-corrected chi connectivity index (χ4v) is 4.44. The molecule has 0 aliphatic rings. The standard InChI is InChI=1S/C19H40O2Si/c1-6-9-10-11-12-13-14-15-16-18-20-22(5,8-3)21-19(4)17-7-2/h8,19H,3,6-7,9-18H2,1-2,4-5H3. The Labute approximate surface area is 140 Å². The van der Waals surface area contributed by atoms with Gasteiger partial charge in [-0.15, -0.1) is 6.58 Å². The first-order valence-electron chi connectivity index (χ1n) is 9.53. The molecule has 0 rings (SSSR count). The molecule has 22 heavy (non-hydrogen) atoms. The summed E-state index contributed by atoms with van der Waals surface area (Å²) in [5.41, 5.74) is 1.92. The highest BCUT2D eigenvalue weighted by molar-refractivity contribution is 6.71. The molecule has 0 N–H and O–H groups in total. The normalized spacial score (nSPS) is 15.5. The van der Waals surface area contributed by atoms with Crippen molar-refractivity contribution in [2.45, 2.75) is 104 Å². The predicted octanol–water partition coefficient (Wildman–Crippen LogP) is 6.54. The van der Waals surface area contributed by atoms with Crippen LogP contribution in [0.25, 0.3) is 0 Å². The number of unbranched alkanes of at least 4 members (excludes halogenated alkanes) is 8. The highest BCUT2D eigenvalue weighted by atomic mass is 28.4. The van der Waals surface area contributed by atoms with E-state index in [1.165, 1.54) is 51.4 Å². The molecule has 132 valence electrons. The fraction of sp³-hybridized carbons (Fsp3) is 0.895. The summed E-state index contributed by atoms with van der Waals surface area (Å²) in [6.07, 6.45) is 14.6. The van der Waals surface area contributed by atoms with Crippen LogP contribution in [-0.2, 0) is 8.85 Å². The van der Waals surface area contributed by atoms with Crippen molar-refractivity contribution in [2.24, 2.45) is 0 Å². The molecule has 0 aromatic rings. The molecule has 0 aromatic carbocycles. The maximum atomic E-state index is 6.11. The second-order valence-electron chi connectivity index (χ2n) is 6.61. The van der Waals surface area contributed by atoms with Gasteiger partial charge in [-0.25, -0.2) is 0 Å². The van der Waals surface area contributed by atoms with Gasteiger partial charge in [0.1, 0.15) is 0 Å². The minimum atomic E-state index is -2.15. The minimum Gasteiger partial charge on any atom is -0.391 e. The average molecular weight is 329 g/mol. The summed E-state index contributed by atoms with van der Waals surface area (Å²) in [5, 5.41) is 0. The quantitative estimate of drug-likeness (QED) is 0.237. The Morgan fingerprint density at radius 3 is 1.95 bits per heavy atom. The maximum Gasteiger partial charge on any atom is 0.361 e. The van der Waals surface area contributed by atoms with Gasteiger partial charge in [-0.2, -0.15) is 0 Å². The van der Waals surface area contributed by atoms with Crippen LogP contribution in [0.2, 0.25) is 6.55 Å². The zero-order chi connectivity index (χ0) is 16.7. The summed E-state index contributed by atoms with van der Waals surface area (Å²) in [6, 6.07) is 0. The van der Waals surface area contributed by atoms with E-state index in [0.717, 1.165) is 25.9 Å². The molecule has 2 atom stereocenters. The topological polar surface area (TPSA) is 18.5 Å². The van der Waals surface area contributed by atoms with Crippen LogP contribution in [0.15, 0.2) is 12.3 Å². The Kier molecular flexibility index (Phi) is 14.4. The molecule has 0 aliphatic carbocycles. The first kappa shape index (κ1) is 21.9. The molecule has 3 heteroatoms. The Morgan fingerprint density at radius 1 is 0.909 bits per heavy atom. The molecule has 0 saturated heterocycles. The first-order valence-corrected chi connectivity index (χ1v) is 11.9. The van der Waals surface area contributed by atoms with Gasteiger partial charge in [-0.05, 0) is 32.0 Å². The van der Waals surface area contributed by atoms with E-state index in [1.807, 2.05) is 5.70 Å². The molecule has 0 amide bonds. The van der Waals surface area contributed by atoms with Crippen molar-refractivity contribution in [2.75, 3.05) is 6.61 Å². The molecule has 0 saturated carbocycles. The van der Waals surface area contributed by atoms with Crippen LogP contribution in [0.3, 0.4) is 0 Å². The van der Waals surface area contributed by atoms with Crippen LogP contribution in [0.1, 0.15) is 91.4 Å². The molecule has 0 radical (unpaired) electrons. The van der Waals surface area contributed by atoms with Gasteiger partial charge in [0.15, 0.2) is 0 Å². The zero-order valence-electron chi connectivity index (χ0n) is 15.7. The highest BCUT2D eigenvalue weighted by Crippen LogP contribution is 2.16. The molecule has 0 heterocycles. The Bertz CT molecular complexity index is 258. The molecular formula is C19H40O2Si. The lowest BCUT2D eigenvalue weighted by Gasteiger charge is -2.27. The molecule has 2 nitrogen and oxygen atoms in total. The predicted molar refractivity (Wildman–Crippen MR) is 100 cm³/mol. The van der Waals surface area contributed by atoms with E-state index in [9.17, 15) is 0 Å². The summed E-state index contributed by atoms with van der Waals surface area (Å²) in [7, 11) is -2.15. The van der Waals surface area contributed by atoms with Gasteiger partial charge in [0.2, 0.25) is 0 Å². The zero-order valence-corrected chi connectivity index (χ0v) is 16.7. The van der Waals surface area contributed by atoms with Gasteiger partial charge >= 0.3 is 8.56 Å². The van der Waals surface area contributed by atoms with Crippen LogP contribution in [-0.4, -0.2) is 21.3 Å². The van der Waals surface area contributed by atoms with E-state index in [2.05, 4.69) is 33.9 Å². The summed E-state index contributed by atoms with van der Waals surface area (Å²) >= 11 is 0. The third-order valence-electron chi connectivity index (χ3n) is 4.14. The van der Waals surface area contributed by atoms with E-state index in [4.69, 9.17) is 8.85 Å². The number of rotatable bonds is 16. The van der Waals surface area contributed by atoms with Gasteiger partial charge < -0.3 is 8.85 Å². The number of hydrogen-bond donors (Lipinski definition) is 0. The van der Waals surface area contributed by atoms with Crippen molar-refractivity contribution in [1.82, 2.24) is 0 Å². The smallest absolute Gasteiger partial charge is 0.361 e. The van der Waals surface area contributed by atoms with Gasteiger partial charge in [0.05, 0.1) is 0 Å². The van der Waals surface area contributed by atoms with E-state index in [0.29, 0.717) is 0 Å². The average Bonchev–Trinajstić information content (AvgIpc) is 2.49. The second-order valence-corrected chi connectivity index (χ2v) is 9.58. The lowest BCUT2D eigenvalue weighted by atomic mass is 10.1. The van der Waals surface area contributed by atoms with Crippen LogP contribution < -0.4 is 0 Å². The summed E-state index contributed by atoms with van der Waals surface area (Å²) in [5.74, 6) is 0. The van der Waals surface area contributed by atoms with Crippen molar-refractivity contribution in [3.8, 4) is 0 Å². The molecule has 0 aliphatic heterocycles. The Morgan fingerprint density at radius 2 is 1.45 bits per heavy atom. The van der Waals surface area contributed by atoms with Crippen LogP contribution in [0.5, 0.6) is 0 Å². The third kappa shape index (κ3) is 12.4. The molecular weight excluding hydrogens is 288 g/mol. The monoisotopic (exact) mass is 328 g/mol. The van der Waals surface area contributed by atoms with Crippen LogP contribution in [0.4, 0.5) is 0 Å². The van der Waals surface area contributed by atoms with Crippen molar-refractivity contribution >= 4 is 8.56 Å². The van der Waals surface area contributed by atoms with Crippen molar-refractivity contribution in [3.63, 3.8) is 0 Å². The SMILES string of the molecule is C=C[Si](C)(OCCCCCCCCCCC)OC(C)CCC. The molecule has 0 spiro atoms. The lowest BCUT2D eigenvalue weighted by Crippen LogP contribution is -2.40. The molecule has 0 bridgehead atoms. The lowest BCUT2D eigenvalue weighted by molar-refractivity contribution is 0.127. The van der Waals surface area contributed by atoms with Gasteiger partial charge in [-0.1, -0.05) is 71.6 Å². The third-order valence-corrected chi connectivity index (χ3v) is 6.53. The van der Waals surface area contributed by atoms with Crippen LogP contribution >= 0.6 is 0 Å². The number of hydrogen-bond acceptors (Lipinski definition) is 2. The largest absolute Gasteiger partial charge is 0.391 e. The summed E-state index contributed by atoms with van der Waals surface area (Å²) < 4.78 is 12.2. The summed E-state index contributed by atoms with van der Waals surface area (Å²) in [4.78, 5) is 0. The van der Waals surface area contributed by atoms with E-state index in [-0.39, 0.29) is 6.10 Å². The van der Waals surface area contributed by atoms with Crippen LogP contribution in [0, 0.1) is 0 Å².